The van der Waals surface area contributed by atoms with Gasteiger partial charge in [0.05, 0.1) is 22.8 Å². The molecule has 0 bridgehead atoms. The van der Waals surface area contributed by atoms with E-state index in [1.807, 2.05) is 30.3 Å². The Labute approximate surface area is 255 Å². The fraction of sp³-hybridized carbons (Fsp3) is 0.515. The van der Waals surface area contributed by atoms with Crippen LogP contribution in [0.3, 0.4) is 0 Å². The molecular formula is C33H39FN6O4. The summed E-state index contributed by atoms with van der Waals surface area (Å²) in [7, 11) is 1.82. The summed E-state index contributed by atoms with van der Waals surface area (Å²) < 4.78 is 25.0. The number of allylic oxidation sites excluding steroid dienone is 1. The summed E-state index contributed by atoms with van der Waals surface area (Å²) >= 11 is 0. The normalized spacial score (nSPS) is 21.9. The van der Waals surface area contributed by atoms with Gasteiger partial charge in [0.15, 0.2) is 0 Å². The number of carbonyl (C=O) groups is 3. The molecule has 1 N–H and O–H groups in total. The number of aryl methyl sites for hydroxylation is 1. The zero-order valence-electron chi connectivity index (χ0n) is 25.1. The average molecular weight is 603 g/mol. The maximum Gasteiger partial charge on any atom is 0.410 e. The number of nitrogens with one attached hydrogen (secondary N) is 1. The smallest absolute Gasteiger partial charge is 0.410 e. The molecule has 6 heterocycles. The highest BCUT2D eigenvalue weighted by atomic mass is 19.1. The Kier molecular flexibility index (Phi) is 7.74. The van der Waals surface area contributed by atoms with Gasteiger partial charge >= 0.3 is 6.09 Å². The zero-order valence-corrected chi connectivity index (χ0v) is 25.1. The van der Waals surface area contributed by atoms with Gasteiger partial charge in [-0.15, -0.1) is 0 Å². The predicted molar refractivity (Wildman–Crippen MR) is 162 cm³/mol. The summed E-state index contributed by atoms with van der Waals surface area (Å²) in [5, 5.41) is 7.60. The van der Waals surface area contributed by atoms with Crippen molar-refractivity contribution < 1.29 is 23.5 Å². The Balaban J connectivity index is 0.900. The molecule has 44 heavy (non-hydrogen) atoms. The summed E-state index contributed by atoms with van der Waals surface area (Å²) in [6, 6.07) is 7.53. The van der Waals surface area contributed by atoms with Crippen LogP contribution in [-0.2, 0) is 27.8 Å². The summed E-state index contributed by atoms with van der Waals surface area (Å²) in [6.07, 6.45) is 9.09. The molecular weight excluding hydrogens is 563 g/mol. The van der Waals surface area contributed by atoms with Gasteiger partial charge in [0.2, 0.25) is 11.8 Å². The molecule has 0 radical (unpaired) electrons. The van der Waals surface area contributed by atoms with Crippen molar-refractivity contribution in [2.24, 2.45) is 13.0 Å². The van der Waals surface area contributed by atoms with Crippen LogP contribution in [0, 0.1) is 11.7 Å². The lowest BCUT2D eigenvalue weighted by Crippen LogP contribution is -2.43. The van der Waals surface area contributed by atoms with Crippen LogP contribution in [0.5, 0.6) is 0 Å². The Hall–Kier alpha value is -3.99. The van der Waals surface area contributed by atoms with Gasteiger partial charge in [0, 0.05) is 56.8 Å². The molecule has 232 valence electrons. The minimum absolute atomic E-state index is 0.124. The molecule has 3 amide bonds. The van der Waals surface area contributed by atoms with Crippen LogP contribution >= 0.6 is 0 Å². The van der Waals surface area contributed by atoms with Crippen LogP contribution in [0.2, 0.25) is 0 Å². The van der Waals surface area contributed by atoms with Crippen molar-refractivity contribution in [1.82, 2.24) is 29.5 Å². The Morgan fingerprint density at radius 2 is 1.89 bits per heavy atom. The highest BCUT2D eigenvalue weighted by Crippen LogP contribution is 2.36. The Morgan fingerprint density at radius 1 is 1.09 bits per heavy atom. The highest BCUT2D eigenvalue weighted by molar-refractivity contribution is 6.02. The summed E-state index contributed by atoms with van der Waals surface area (Å²) in [6.45, 7) is 4.54. The lowest BCUT2D eigenvalue weighted by Gasteiger charge is -2.37. The SMILES string of the molecule is Cn1nc(C2CCC(=O)NC2=O)c2cc(F)c(C3CCN(CC4CCN(C(=O)OCC5=CCc6cccn65)CC4)CC3)cc21. The molecule has 0 saturated carbocycles. The van der Waals surface area contributed by atoms with E-state index in [2.05, 4.69) is 32.0 Å². The largest absolute Gasteiger partial charge is 0.443 e. The Bertz CT molecular complexity index is 1630. The van der Waals surface area contributed by atoms with Gasteiger partial charge in [-0.3, -0.25) is 19.6 Å². The van der Waals surface area contributed by atoms with E-state index in [0.29, 0.717) is 48.7 Å². The highest BCUT2D eigenvalue weighted by Gasteiger charge is 2.33. The number of hydrogen-bond acceptors (Lipinski definition) is 6. The van der Waals surface area contributed by atoms with E-state index in [1.54, 1.807) is 4.68 Å². The molecule has 4 aliphatic heterocycles. The van der Waals surface area contributed by atoms with Crippen molar-refractivity contribution in [1.29, 1.82) is 0 Å². The molecule has 1 atom stereocenters. The second-order valence-electron chi connectivity index (χ2n) is 12.7. The topological polar surface area (TPSA) is 102 Å². The number of piperidine rings is 3. The molecule has 1 aromatic carbocycles. The van der Waals surface area contributed by atoms with E-state index in [0.717, 1.165) is 63.0 Å². The number of carbonyl (C=O) groups excluding carboxylic acids is 3. The van der Waals surface area contributed by atoms with Gasteiger partial charge < -0.3 is 19.1 Å². The number of aromatic nitrogens is 3. The quantitative estimate of drug-likeness (QED) is 0.426. The first-order valence-electron chi connectivity index (χ1n) is 15.8. The molecule has 1 unspecified atom stereocenters. The lowest BCUT2D eigenvalue weighted by molar-refractivity contribution is -0.134. The van der Waals surface area contributed by atoms with Gasteiger partial charge in [-0.1, -0.05) is 6.08 Å². The number of nitrogens with zero attached hydrogens (tertiary/aromatic N) is 5. The average Bonchev–Trinajstić information content (AvgIpc) is 3.72. The molecule has 0 aliphatic carbocycles. The molecule has 7 rings (SSSR count). The first kappa shape index (κ1) is 28.8. The fourth-order valence-electron chi connectivity index (χ4n) is 7.47. The molecule has 11 heteroatoms. The van der Waals surface area contributed by atoms with E-state index in [-0.39, 0.29) is 36.1 Å². The number of benzene rings is 1. The first-order chi connectivity index (χ1) is 21.3. The van der Waals surface area contributed by atoms with Gasteiger partial charge in [-0.05, 0) is 86.9 Å². The van der Waals surface area contributed by atoms with Gasteiger partial charge in [0.25, 0.3) is 0 Å². The van der Waals surface area contributed by atoms with E-state index < -0.39 is 5.92 Å². The van der Waals surface area contributed by atoms with Crippen LogP contribution < -0.4 is 5.32 Å². The van der Waals surface area contributed by atoms with Crippen molar-refractivity contribution in [2.45, 2.75) is 56.8 Å². The monoisotopic (exact) mass is 602 g/mol. The summed E-state index contributed by atoms with van der Waals surface area (Å²) in [4.78, 5) is 41.1. The van der Waals surface area contributed by atoms with Crippen molar-refractivity contribution in [3.8, 4) is 0 Å². The number of ether oxygens (including phenoxy) is 1. The summed E-state index contributed by atoms with van der Waals surface area (Å²) in [5.74, 6) is -0.790. The third-order valence-electron chi connectivity index (χ3n) is 10.0. The van der Waals surface area contributed by atoms with Crippen LogP contribution in [-0.4, -0.2) is 81.4 Å². The maximum absolute atomic E-state index is 15.5. The van der Waals surface area contributed by atoms with Gasteiger partial charge in [-0.2, -0.15) is 5.10 Å². The number of fused-ring (bicyclic) bond motifs is 2. The number of hydrogen-bond donors (Lipinski definition) is 1. The molecule has 0 spiro atoms. The van der Waals surface area contributed by atoms with Crippen LogP contribution in [0.1, 0.15) is 67.3 Å². The fourth-order valence-corrected chi connectivity index (χ4v) is 7.47. The number of rotatable bonds is 6. The second-order valence-corrected chi connectivity index (χ2v) is 12.7. The third kappa shape index (κ3) is 5.53. The van der Waals surface area contributed by atoms with E-state index in [4.69, 9.17) is 4.74 Å². The molecule has 10 nitrogen and oxygen atoms in total. The lowest BCUT2D eigenvalue weighted by atomic mass is 9.86. The van der Waals surface area contributed by atoms with Crippen molar-refractivity contribution >= 4 is 34.5 Å². The number of amides is 3. The van der Waals surface area contributed by atoms with E-state index >= 15 is 4.39 Å². The molecule has 4 aliphatic rings. The first-order valence-corrected chi connectivity index (χ1v) is 15.8. The molecule has 2 aromatic heterocycles. The van der Waals surface area contributed by atoms with Crippen LogP contribution in [0.4, 0.5) is 9.18 Å². The zero-order chi connectivity index (χ0) is 30.4. The minimum atomic E-state index is -0.550. The molecule has 3 fully saturated rings. The van der Waals surface area contributed by atoms with Gasteiger partial charge in [0.1, 0.15) is 12.4 Å². The van der Waals surface area contributed by atoms with Gasteiger partial charge in [-0.25, -0.2) is 9.18 Å². The third-order valence-corrected chi connectivity index (χ3v) is 10.0. The standard InChI is InChI=1S/C33H39FN6O4/c1-37-29-18-26(28(34)17-27(29)31(36-37)25-6-7-30(41)35-32(25)42)22-10-13-38(14-11-22)19-21-8-15-39(16-9-21)33(43)44-20-24-5-4-23-3-2-12-40(23)24/h2-3,5,12,17-18,21-22,25H,4,6-11,13-16,19-20H2,1H3,(H,35,41,42). The van der Waals surface area contributed by atoms with E-state index in [1.165, 1.54) is 11.8 Å². The molecule has 3 saturated heterocycles. The Morgan fingerprint density at radius 3 is 2.66 bits per heavy atom. The van der Waals surface area contributed by atoms with Crippen molar-refractivity contribution in [3.63, 3.8) is 0 Å². The van der Waals surface area contributed by atoms with Crippen molar-refractivity contribution in [2.75, 3.05) is 39.3 Å². The maximum atomic E-state index is 15.5. The predicted octanol–water partition coefficient (Wildman–Crippen LogP) is 4.16. The van der Waals surface area contributed by atoms with Crippen LogP contribution in [0.15, 0.2) is 36.5 Å². The van der Waals surface area contributed by atoms with Crippen molar-refractivity contribution in [3.05, 3.63) is 59.3 Å². The van der Waals surface area contributed by atoms with E-state index in [9.17, 15) is 14.4 Å². The van der Waals surface area contributed by atoms with Crippen LogP contribution in [0.25, 0.3) is 16.6 Å². The number of imide groups is 1. The molecule has 3 aromatic rings. The summed E-state index contributed by atoms with van der Waals surface area (Å²) in [5.41, 5.74) is 4.30. The minimum Gasteiger partial charge on any atom is -0.443 e. The second kappa shape index (κ2) is 11.8. The number of likely N-dealkylation sites (tertiary alicyclic amines) is 2. The number of halogens is 1.